The number of hydrogen-bond acceptors (Lipinski definition) is 5. The number of nitrogens with two attached hydrogens (primary N) is 1. The number of thiazole rings is 1. The van der Waals surface area contributed by atoms with Crippen LogP contribution < -0.4 is 5.73 Å². The molecule has 1 saturated heterocycles. The molecule has 16 heavy (non-hydrogen) atoms. The average molecular weight is 242 g/mol. The van der Waals surface area contributed by atoms with Crippen LogP contribution in [0.5, 0.6) is 0 Å². The van der Waals surface area contributed by atoms with Gasteiger partial charge in [0.2, 0.25) is 0 Å². The number of carboxylic acids is 1. The lowest BCUT2D eigenvalue weighted by molar-refractivity contribution is -0.138. The first-order valence-electron chi connectivity index (χ1n) is 5.11. The molecule has 0 bridgehead atoms. The van der Waals surface area contributed by atoms with Crippen LogP contribution in [0, 0.1) is 0 Å². The van der Waals surface area contributed by atoms with Crippen LogP contribution in [0.1, 0.15) is 36.5 Å². The summed E-state index contributed by atoms with van der Waals surface area (Å²) in [6, 6.07) is -1.05. The highest BCUT2D eigenvalue weighted by atomic mass is 32.1. The fraction of sp³-hybridized carbons (Fsp3) is 0.600. The number of aromatic nitrogens is 1. The monoisotopic (exact) mass is 242 g/mol. The maximum atomic E-state index is 10.7. The van der Waals surface area contributed by atoms with Gasteiger partial charge in [0, 0.05) is 12.0 Å². The minimum Gasteiger partial charge on any atom is -0.480 e. The molecule has 1 aliphatic heterocycles. The Morgan fingerprint density at radius 1 is 1.81 bits per heavy atom. The van der Waals surface area contributed by atoms with Gasteiger partial charge < -0.3 is 15.6 Å². The zero-order valence-electron chi connectivity index (χ0n) is 8.97. The summed E-state index contributed by atoms with van der Waals surface area (Å²) in [6.07, 6.45) is 1.93. The fourth-order valence-electron chi connectivity index (χ4n) is 1.75. The SMILES string of the molecule is CC1(c2nc(C(N)C(=O)O)cs2)CCCO1. The molecule has 1 aliphatic rings. The lowest BCUT2D eigenvalue weighted by Crippen LogP contribution is -2.23. The Bertz CT molecular complexity index is 399. The number of nitrogens with zero attached hydrogens (tertiary/aromatic N) is 1. The van der Waals surface area contributed by atoms with Crippen LogP contribution in [0.25, 0.3) is 0 Å². The van der Waals surface area contributed by atoms with Crippen LogP contribution in [-0.4, -0.2) is 22.7 Å². The maximum absolute atomic E-state index is 10.7. The number of aliphatic carboxylic acids is 1. The predicted octanol–water partition coefficient (Wildman–Crippen LogP) is 1.25. The zero-order chi connectivity index (χ0) is 11.8. The Kier molecular flexibility index (Phi) is 2.96. The van der Waals surface area contributed by atoms with E-state index in [1.807, 2.05) is 6.92 Å². The van der Waals surface area contributed by atoms with Gasteiger partial charge >= 0.3 is 5.97 Å². The van der Waals surface area contributed by atoms with E-state index in [9.17, 15) is 4.79 Å². The van der Waals surface area contributed by atoms with Crippen molar-refractivity contribution in [3.63, 3.8) is 0 Å². The van der Waals surface area contributed by atoms with E-state index in [0.717, 1.165) is 24.5 Å². The summed E-state index contributed by atoms with van der Waals surface area (Å²) in [5, 5.41) is 11.3. The van der Waals surface area contributed by atoms with Crippen LogP contribution in [0.2, 0.25) is 0 Å². The maximum Gasteiger partial charge on any atom is 0.326 e. The summed E-state index contributed by atoms with van der Waals surface area (Å²) in [6.45, 7) is 2.71. The van der Waals surface area contributed by atoms with Crippen molar-refractivity contribution in [2.45, 2.75) is 31.4 Å². The normalized spacial score (nSPS) is 26.9. The summed E-state index contributed by atoms with van der Waals surface area (Å²) in [5.74, 6) is -1.06. The third-order valence-electron chi connectivity index (χ3n) is 2.78. The lowest BCUT2D eigenvalue weighted by Gasteiger charge is -2.19. The second kappa shape index (κ2) is 4.12. The number of ether oxygens (including phenoxy) is 1. The predicted molar refractivity (Wildman–Crippen MR) is 59.2 cm³/mol. The van der Waals surface area contributed by atoms with Crippen molar-refractivity contribution in [3.05, 3.63) is 16.1 Å². The van der Waals surface area contributed by atoms with E-state index in [1.165, 1.54) is 11.3 Å². The lowest BCUT2D eigenvalue weighted by atomic mass is 10.0. The molecule has 0 saturated carbocycles. The molecule has 1 aromatic rings. The number of carbonyl (C=O) groups is 1. The van der Waals surface area contributed by atoms with Crippen LogP contribution in [0.3, 0.4) is 0 Å². The smallest absolute Gasteiger partial charge is 0.326 e. The number of hydrogen-bond donors (Lipinski definition) is 2. The number of rotatable bonds is 3. The molecule has 0 spiro atoms. The van der Waals surface area contributed by atoms with E-state index >= 15 is 0 Å². The van der Waals surface area contributed by atoms with Gasteiger partial charge in [0.25, 0.3) is 0 Å². The molecule has 6 heteroatoms. The molecule has 0 aliphatic carbocycles. The Morgan fingerprint density at radius 2 is 2.56 bits per heavy atom. The van der Waals surface area contributed by atoms with Gasteiger partial charge in [-0.05, 0) is 19.8 Å². The van der Waals surface area contributed by atoms with Crippen LogP contribution in [-0.2, 0) is 15.1 Å². The highest BCUT2D eigenvalue weighted by molar-refractivity contribution is 7.09. The molecule has 0 amide bonds. The van der Waals surface area contributed by atoms with E-state index in [1.54, 1.807) is 5.38 Å². The third-order valence-corrected chi connectivity index (χ3v) is 3.88. The summed E-state index contributed by atoms with van der Waals surface area (Å²) >= 11 is 1.41. The van der Waals surface area contributed by atoms with Gasteiger partial charge in [0.15, 0.2) is 0 Å². The molecule has 3 N–H and O–H groups in total. The third kappa shape index (κ3) is 1.95. The van der Waals surface area contributed by atoms with E-state index < -0.39 is 12.0 Å². The summed E-state index contributed by atoms with van der Waals surface area (Å²) < 4.78 is 5.64. The highest BCUT2D eigenvalue weighted by Gasteiger charge is 2.35. The average Bonchev–Trinajstić information content (AvgIpc) is 2.85. The molecule has 2 unspecified atom stereocenters. The topological polar surface area (TPSA) is 85.4 Å². The van der Waals surface area contributed by atoms with Gasteiger partial charge in [-0.3, -0.25) is 4.79 Å². The Hall–Kier alpha value is -0.980. The van der Waals surface area contributed by atoms with Crippen molar-refractivity contribution >= 4 is 17.3 Å². The first kappa shape index (κ1) is 11.5. The van der Waals surface area contributed by atoms with Gasteiger partial charge in [-0.2, -0.15) is 0 Å². The second-order valence-electron chi connectivity index (χ2n) is 4.08. The van der Waals surface area contributed by atoms with E-state index in [2.05, 4.69) is 4.98 Å². The van der Waals surface area contributed by atoms with E-state index in [0.29, 0.717) is 5.69 Å². The van der Waals surface area contributed by atoms with E-state index in [-0.39, 0.29) is 5.60 Å². The van der Waals surface area contributed by atoms with Crippen molar-refractivity contribution < 1.29 is 14.6 Å². The largest absolute Gasteiger partial charge is 0.480 e. The zero-order valence-corrected chi connectivity index (χ0v) is 9.79. The fourth-order valence-corrected chi connectivity index (χ4v) is 2.75. The van der Waals surface area contributed by atoms with Crippen LogP contribution >= 0.6 is 11.3 Å². The summed E-state index contributed by atoms with van der Waals surface area (Å²) in [4.78, 5) is 15.0. The van der Waals surface area contributed by atoms with Crippen molar-refractivity contribution in [2.75, 3.05) is 6.61 Å². The standard InChI is InChI=1S/C10H14N2O3S/c1-10(3-2-4-15-10)9-12-6(5-16-9)7(11)8(13)14/h5,7H,2-4,11H2,1H3,(H,13,14). The van der Waals surface area contributed by atoms with Crippen LogP contribution in [0.4, 0.5) is 0 Å². The molecule has 88 valence electrons. The Labute approximate surface area is 97.2 Å². The van der Waals surface area contributed by atoms with Gasteiger partial charge in [-0.15, -0.1) is 11.3 Å². The quantitative estimate of drug-likeness (QED) is 0.833. The minimum absolute atomic E-state index is 0.360. The van der Waals surface area contributed by atoms with Gasteiger partial charge in [0.05, 0.1) is 5.69 Å². The molecule has 1 aromatic heterocycles. The Morgan fingerprint density at radius 3 is 3.12 bits per heavy atom. The van der Waals surface area contributed by atoms with Crippen molar-refractivity contribution in [1.82, 2.24) is 4.98 Å². The summed E-state index contributed by atoms with van der Waals surface area (Å²) in [7, 11) is 0. The molecule has 2 rings (SSSR count). The summed E-state index contributed by atoms with van der Waals surface area (Å²) in [5.41, 5.74) is 5.54. The number of carboxylic acid groups (broad SMARTS) is 1. The molecule has 0 aromatic carbocycles. The van der Waals surface area contributed by atoms with Crippen molar-refractivity contribution in [3.8, 4) is 0 Å². The molecule has 2 atom stereocenters. The first-order chi connectivity index (χ1) is 7.53. The Balaban J connectivity index is 2.22. The molecule has 2 heterocycles. The molecular weight excluding hydrogens is 228 g/mol. The van der Waals surface area contributed by atoms with Crippen molar-refractivity contribution in [2.24, 2.45) is 5.73 Å². The highest BCUT2D eigenvalue weighted by Crippen LogP contribution is 2.37. The second-order valence-corrected chi connectivity index (χ2v) is 4.93. The van der Waals surface area contributed by atoms with Gasteiger partial charge in [-0.25, -0.2) is 4.98 Å². The van der Waals surface area contributed by atoms with Gasteiger partial charge in [0.1, 0.15) is 16.7 Å². The van der Waals surface area contributed by atoms with E-state index in [4.69, 9.17) is 15.6 Å². The van der Waals surface area contributed by atoms with Crippen LogP contribution in [0.15, 0.2) is 5.38 Å². The van der Waals surface area contributed by atoms with Crippen molar-refractivity contribution in [1.29, 1.82) is 0 Å². The molecular formula is C10H14N2O3S. The minimum atomic E-state index is -1.06. The molecule has 0 radical (unpaired) electrons. The molecule has 5 nitrogen and oxygen atoms in total. The molecule has 1 fully saturated rings. The van der Waals surface area contributed by atoms with Gasteiger partial charge in [-0.1, -0.05) is 0 Å². The first-order valence-corrected chi connectivity index (χ1v) is 5.99.